The van der Waals surface area contributed by atoms with Crippen molar-refractivity contribution < 1.29 is 5.11 Å². The fourth-order valence-corrected chi connectivity index (χ4v) is 0.785. The Hall–Kier alpha value is -2.04. The normalized spacial score (nSPS) is 12.2. The first-order chi connectivity index (χ1) is 6.24. The van der Waals surface area contributed by atoms with E-state index in [9.17, 15) is 0 Å². The number of hydrogen-bond donors (Lipinski definition) is 3. The van der Waals surface area contributed by atoms with Crippen molar-refractivity contribution >= 4 is 12.2 Å². The second kappa shape index (κ2) is 4.10. The van der Waals surface area contributed by atoms with Gasteiger partial charge in [-0.3, -0.25) is 0 Å². The average molecular weight is 178 g/mol. The van der Waals surface area contributed by atoms with Crippen molar-refractivity contribution in [3.8, 4) is 5.75 Å². The molecular formula is C8H10N4O. The first kappa shape index (κ1) is 9.05. The molecule has 0 amide bonds. The van der Waals surface area contributed by atoms with Gasteiger partial charge in [-0.05, 0) is 24.3 Å². The Morgan fingerprint density at radius 1 is 1.31 bits per heavy atom. The van der Waals surface area contributed by atoms with Crippen molar-refractivity contribution in [2.75, 3.05) is 0 Å². The van der Waals surface area contributed by atoms with Gasteiger partial charge >= 0.3 is 0 Å². The summed E-state index contributed by atoms with van der Waals surface area (Å²) in [7, 11) is 0. The highest BCUT2D eigenvalue weighted by atomic mass is 16.3. The molecular weight excluding hydrogens is 168 g/mol. The Bertz CT molecular complexity index is 329. The van der Waals surface area contributed by atoms with Crippen LogP contribution in [0.2, 0.25) is 0 Å². The molecule has 1 aromatic rings. The van der Waals surface area contributed by atoms with Crippen LogP contribution in [0.4, 0.5) is 0 Å². The van der Waals surface area contributed by atoms with Gasteiger partial charge in [0.1, 0.15) is 12.1 Å². The molecule has 5 nitrogen and oxygen atoms in total. The van der Waals surface area contributed by atoms with Crippen LogP contribution in [-0.4, -0.2) is 17.3 Å². The molecule has 68 valence electrons. The average Bonchev–Trinajstić information content (AvgIpc) is 2.15. The SMILES string of the molecule is N/C=N\N=C(/N)c1ccc(O)cc1. The standard InChI is InChI=1S/C8H10N4O/c9-5-11-12-8(10)6-1-3-7(13)4-2-6/h1-5,13H,(H2,9,11)(H2,10,12). The number of phenols is 1. The molecule has 0 unspecified atom stereocenters. The van der Waals surface area contributed by atoms with E-state index in [0.29, 0.717) is 5.56 Å². The molecule has 0 bridgehead atoms. The van der Waals surface area contributed by atoms with Crippen LogP contribution in [0, 0.1) is 0 Å². The summed E-state index contributed by atoms with van der Waals surface area (Å²) in [6, 6.07) is 6.31. The summed E-state index contributed by atoms with van der Waals surface area (Å²) in [5.74, 6) is 0.431. The molecule has 1 rings (SSSR count). The van der Waals surface area contributed by atoms with Crippen molar-refractivity contribution in [2.24, 2.45) is 21.7 Å². The van der Waals surface area contributed by atoms with Crippen LogP contribution in [-0.2, 0) is 0 Å². The van der Waals surface area contributed by atoms with Crippen LogP contribution in [0.1, 0.15) is 5.56 Å². The number of benzene rings is 1. The van der Waals surface area contributed by atoms with E-state index < -0.39 is 0 Å². The van der Waals surface area contributed by atoms with E-state index >= 15 is 0 Å². The summed E-state index contributed by atoms with van der Waals surface area (Å²) in [6.07, 6.45) is 1.05. The Kier molecular flexibility index (Phi) is 2.86. The van der Waals surface area contributed by atoms with Gasteiger partial charge in [0.25, 0.3) is 0 Å². The lowest BCUT2D eigenvalue weighted by molar-refractivity contribution is 0.475. The zero-order valence-electron chi connectivity index (χ0n) is 6.88. The number of phenolic OH excluding ortho intramolecular Hbond substituents is 1. The minimum Gasteiger partial charge on any atom is -0.508 e. The van der Waals surface area contributed by atoms with Crippen molar-refractivity contribution in [1.82, 2.24) is 0 Å². The minimum atomic E-state index is 0.180. The number of nitrogens with two attached hydrogens (primary N) is 2. The molecule has 0 aliphatic carbocycles. The topological polar surface area (TPSA) is 97.0 Å². The highest BCUT2D eigenvalue weighted by Crippen LogP contribution is 2.08. The number of nitrogens with zero attached hydrogens (tertiary/aromatic N) is 2. The van der Waals surface area contributed by atoms with Crippen LogP contribution in [0.5, 0.6) is 5.75 Å². The molecule has 0 fully saturated rings. The predicted octanol–water partition coefficient (Wildman–Crippen LogP) is -0.000500. The minimum absolute atomic E-state index is 0.180. The summed E-state index contributed by atoms with van der Waals surface area (Å²) in [6.45, 7) is 0. The fraction of sp³-hybridized carbons (Fsp3) is 0. The van der Waals surface area contributed by atoms with E-state index in [4.69, 9.17) is 16.6 Å². The molecule has 5 N–H and O–H groups in total. The monoisotopic (exact) mass is 178 g/mol. The van der Waals surface area contributed by atoms with Crippen LogP contribution >= 0.6 is 0 Å². The Balaban J connectivity index is 2.89. The maximum absolute atomic E-state index is 8.98. The summed E-state index contributed by atoms with van der Waals surface area (Å²) < 4.78 is 0. The Morgan fingerprint density at radius 2 is 1.92 bits per heavy atom. The fourth-order valence-electron chi connectivity index (χ4n) is 0.785. The zero-order valence-corrected chi connectivity index (χ0v) is 6.88. The van der Waals surface area contributed by atoms with Gasteiger partial charge in [-0.1, -0.05) is 0 Å². The second-order valence-corrected chi connectivity index (χ2v) is 2.30. The highest BCUT2D eigenvalue weighted by molar-refractivity contribution is 5.97. The second-order valence-electron chi connectivity index (χ2n) is 2.30. The van der Waals surface area contributed by atoms with Crippen LogP contribution in [0.15, 0.2) is 34.5 Å². The summed E-state index contributed by atoms with van der Waals surface area (Å²) in [4.78, 5) is 0. The number of aromatic hydroxyl groups is 1. The van der Waals surface area contributed by atoms with Gasteiger partial charge in [0.15, 0.2) is 5.84 Å². The molecule has 0 aliphatic rings. The van der Waals surface area contributed by atoms with E-state index in [0.717, 1.165) is 6.34 Å². The lowest BCUT2D eigenvalue weighted by atomic mass is 10.2. The lowest BCUT2D eigenvalue weighted by Gasteiger charge is -1.97. The van der Waals surface area contributed by atoms with E-state index in [1.165, 1.54) is 12.1 Å². The van der Waals surface area contributed by atoms with E-state index in [1.54, 1.807) is 12.1 Å². The summed E-state index contributed by atoms with van der Waals surface area (Å²) in [5, 5.41) is 16.0. The van der Waals surface area contributed by atoms with Crippen LogP contribution < -0.4 is 11.5 Å². The largest absolute Gasteiger partial charge is 0.508 e. The molecule has 1 aromatic carbocycles. The molecule has 5 heteroatoms. The van der Waals surface area contributed by atoms with Crippen molar-refractivity contribution in [2.45, 2.75) is 0 Å². The lowest BCUT2D eigenvalue weighted by Crippen LogP contribution is -2.12. The molecule has 0 spiro atoms. The third-order valence-electron chi connectivity index (χ3n) is 1.40. The highest BCUT2D eigenvalue weighted by Gasteiger charge is 1.96. The number of rotatable bonds is 2. The number of hydrogen-bond acceptors (Lipinski definition) is 3. The van der Waals surface area contributed by atoms with E-state index in [2.05, 4.69) is 10.2 Å². The Labute approximate surface area is 75.4 Å². The zero-order chi connectivity index (χ0) is 9.68. The van der Waals surface area contributed by atoms with Gasteiger partial charge in [0, 0.05) is 5.56 Å². The molecule has 0 atom stereocenters. The quantitative estimate of drug-likeness (QED) is 0.338. The van der Waals surface area contributed by atoms with Gasteiger partial charge in [0.05, 0.1) is 0 Å². The van der Waals surface area contributed by atoms with E-state index in [-0.39, 0.29) is 11.6 Å². The Morgan fingerprint density at radius 3 is 2.46 bits per heavy atom. The first-order valence-corrected chi connectivity index (χ1v) is 3.60. The molecule has 13 heavy (non-hydrogen) atoms. The molecule has 0 aromatic heterocycles. The van der Waals surface area contributed by atoms with E-state index in [1.807, 2.05) is 0 Å². The van der Waals surface area contributed by atoms with Crippen LogP contribution in [0.3, 0.4) is 0 Å². The summed E-state index contributed by atoms with van der Waals surface area (Å²) in [5.41, 5.74) is 11.2. The molecule has 0 heterocycles. The summed E-state index contributed by atoms with van der Waals surface area (Å²) >= 11 is 0. The number of amidine groups is 1. The van der Waals surface area contributed by atoms with Gasteiger partial charge < -0.3 is 16.6 Å². The third kappa shape index (κ3) is 2.48. The van der Waals surface area contributed by atoms with Crippen molar-refractivity contribution in [3.63, 3.8) is 0 Å². The van der Waals surface area contributed by atoms with Crippen molar-refractivity contribution in [1.29, 1.82) is 0 Å². The molecule has 0 saturated carbocycles. The molecule has 0 radical (unpaired) electrons. The molecule has 0 aliphatic heterocycles. The molecule has 0 saturated heterocycles. The van der Waals surface area contributed by atoms with Gasteiger partial charge in [0.2, 0.25) is 0 Å². The third-order valence-corrected chi connectivity index (χ3v) is 1.40. The van der Waals surface area contributed by atoms with Gasteiger partial charge in [-0.2, -0.15) is 0 Å². The predicted molar refractivity (Wildman–Crippen MR) is 51.5 cm³/mol. The van der Waals surface area contributed by atoms with Gasteiger partial charge in [-0.25, -0.2) is 0 Å². The first-order valence-electron chi connectivity index (χ1n) is 3.60. The van der Waals surface area contributed by atoms with Gasteiger partial charge in [-0.15, -0.1) is 10.2 Å². The van der Waals surface area contributed by atoms with Crippen LogP contribution in [0.25, 0.3) is 0 Å². The maximum atomic E-state index is 8.98. The smallest absolute Gasteiger partial charge is 0.153 e. The maximum Gasteiger partial charge on any atom is 0.153 e. The van der Waals surface area contributed by atoms with Crippen molar-refractivity contribution in [3.05, 3.63) is 29.8 Å².